The molecule has 5 aromatic rings. The van der Waals surface area contributed by atoms with Crippen molar-refractivity contribution in [1.29, 1.82) is 0 Å². The van der Waals surface area contributed by atoms with Crippen LogP contribution in [-0.2, 0) is 13.6 Å². The molecule has 3 fully saturated rings. The summed E-state index contributed by atoms with van der Waals surface area (Å²) in [7, 11) is 3.61. The molecule has 224 valence electrons. The Balaban J connectivity index is 1.22. The first-order valence-electron chi connectivity index (χ1n) is 15.2. The van der Waals surface area contributed by atoms with Gasteiger partial charge in [0, 0.05) is 54.9 Å². The second kappa shape index (κ2) is 9.88. The fourth-order valence-electron chi connectivity index (χ4n) is 7.17. The fraction of sp³-hybridized carbons (Fsp3) is 0.364. The molecule has 0 spiro atoms. The maximum absolute atomic E-state index is 13.7. The molecule has 4 aromatic heterocycles. The number of primary amides is 1. The molecule has 44 heavy (non-hydrogen) atoms. The van der Waals surface area contributed by atoms with Gasteiger partial charge >= 0.3 is 0 Å². The summed E-state index contributed by atoms with van der Waals surface area (Å²) in [6.45, 7) is 1.54. The van der Waals surface area contributed by atoms with Crippen molar-refractivity contribution in [3.8, 4) is 28.5 Å². The number of aryl methyl sites for hydroxylation is 1. The lowest BCUT2D eigenvalue weighted by molar-refractivity contribution is 0.0700. The summed E-state index contributed by atoms with van der Waals surface area (Å²) >= 11 is 0. The van der Waals surface area contributed by atoms with Crippen LogP contribution in [0.1, 0.15) is 46.5 Å². The maximum Gasteiger partial charge on any atom is 0.267 e. The number of benzene rings is 1. The molecule has 3 aliphatic rings. The molecule has 1 aromatic carbocycles. The van der Waals surface area contributed by atoms with E-state index in [1.54, 1.807) is 19.4 Å². The van der Waals surface area contributed by atoms with E-state index in [2.05, 4.69) is 21.7 Å². The highest BCUT2D eigenvalue weighted by Crippen LogP contribution is 2.40. The minimum absolute atomic E-state index is 0.0158. The van der Waals surface area contributed by atoms with Gasteiger partial charge in [-0.25, -0.2) is 9.97 Å². The summed E-state index contributed by atoms with van der Waals surface area (Å²) in [6.07, 6.45) is 6.04. The van der Waals surface area contributed by atoms with Gasteiger partial charge in [-0.2, -0.15) is 0 Å². The number of likely N-dealkylation sites (tertiary alicyclic amines) is 1. The molecule has 8 rings (SSSR count). The number of hydrogen-bond acceptors (Lipinski definition) is 7. The lowest BCUT2D eigenvalue weighted by atomic mass is 10.1. The number of imidazole rings is 1. The lowest BCUT2D eigenvalue weighted by Crippen LogP contribution is -2.41. The number of amides is 2. The molecule has 3 unspecified atom stereocenters. The first-order valence-corrected chi connectivity index (χ1v) is 15.2. The van der Waals surface area contributed by atoms with Gasteiger partial charge in [0.2, 0.25) is 0 Å². The number of pyridine rings is 2. The fourth-order valence-corrected chi connectivity index (χ4v) is 7.17. The molecule has 3 atom stereocenters. The van der Waals surface area contributed by atoms with Crippen molar-refractivity contribution in [2.24, 2.45) is 30.4 Å². The number of piperidine rings is 1. The minimum Gasteiger partial charge on any atom is -0.494 e. The van der Waals surface area contributed by atoms with E-state index in [0.717, 1.165) is 58.7 Å². The molecule has 1 saturated heterocycles. The van der Waals surface area contributed by atoms with Crippen LogP contribution >= 0.6 is 0 Å². The molecule has 2 saturated carbocycles. The monoisotopic (exact) mass is 590 g/mol. The third-order valence-electron chi connectivity index (χ3n) is 9.74. The summed E-state index contributed by atoms with van der Waals surface area (Å²) in [5.74, 6) is 1.77. The van der Waals surface area contributed by atoms with Crippen molar-refractivity contribution in [1.82, 2.24) is 29.0 Å². The quantitative estimate of drug-likeness (QED) is 0.294. The van der Waals surface area contributed by atoms with Gasteiger partial charge in [-0.05, 0) is 80.0 Å². The average molecular weight is 591 g/mol. The van der Waals surface area contributed by atoms with E-state index in [-0.39, 0.29) is 23.7 Å². The molecule has 1 aliphatic heterocycles. The number of ether oxygens (including phenoxy) is 1. The molecule has 2 amide bonds. The predicted octanol–water partition coefficient (Wildman–Crippen LogP) is 3.73. The SMILES string of the molecule is COc1cc(C(=O)N2CC3CCC2C3N)cc2nc(-c3cc4ccc(-c5ccc(C(N)=O)nc5)nc4n3CC3CC3)n(C)c12. The van der Waals surface area contributed by atoms with Gasteiger partial charge < -0.3 is 30.2 Å². The van der Waals surface area contributed by atoms with E-state index < -0.39 is 5.91 Å². The molecule has 2 aliphatic carbocycles. The Kier molecular flexibility index (Phi) is 6.02. The van der Waals surface area contributed by atoms with Crippen molar-refractivity contribution in [2.45, 2.75) is 44.3 Å². The number of carbonyl (C=O) groups is 2. The smallest absolute Gasteiger partial charge is 0.267 e. The molecular weight excluding hydrogens is 556 g/mol. The van der Waals surface area contributed by atoms with Crippen LogP contribution in [0.2, 0.25) is 0 Å². The zero-order valence-electron chi connectivity index (χ0n) is 24.7. The number of carbonyl (C=O) groups excluding carboxylic acids is 2. The third-order valence-corrected chi connectivity index (χ3v) is 9.74. The normalized spacial score (nSPS) is 21.1. The van der Waals surface area contributed by atoms with Crippen LogP contribution in [0.25, 0.3) is 44.8 Å². The standard InChI is InChI=1S/C33H34N8O3/c1-39-29-24(11-21(13-27(29)44-2)33(43)41-16-20-7-10-25(41)28(20)34)38-32(39)26-12-18-5-8-22(19-6-9-23(30(35)42)36-14-19)37-31(18)40(26)15-17-3-4-17/h5-6,8-9,11-14,17,20,25,28H,3-4,7,10,15-16,34H2,1-2H3,(H2,35,42). The van der Waals surface area contributed by atoms with Crippen molar-refractivity contribution in [3.05, 3.63) is 59.9 Å². The summed E-state index contributed by atoms with van der Waals surface area (Å²) in [5, 5.41) is 1.00. The number of rotatable bonds is 7. The van der Waals surface area contributed by atoms with Crippen molar-refractivity contribution >= 4 is 33.9 Å². The van der Waals surface area contributed by atoms with E-state index >= 15 is 0 Å². The summed E-state index contributed by atoms with van der Waals surface area (Å²) in [5.41, 5.74) is 17.5. The van der Waals surface area contributed by atoms with E-state index in [1.807, 2.05) is 40.8 Å². The number of fused-ring (bicyclic) bond motifs is 4. The zero-order chi connectivity index (χ0) is 30.3. The second-order valence-electron chi connectivity index (χ2n) is 12.5. The Bertz CT molecular complexity index is 1970. The Morgan fingerprint density at radius 2 is 1.89 bits per heavy atom. The molecule has 2 bridgehead atoms. The lowest BCUT2D eigenvalue weighted by Gasteiger charge is -2.27. The number of nitrogens with zero attached hydrogens (tertiary/aromatic N) is 6. The van der Waals surface area contributed by atoms with E-state index in [4.69, 9.17) is 26.2 Å². The summed E-state index contributed by atoms with van der Waals surface area (Å²) < 4.78 is 10.1. The van der Waals surface area contributed by atoms with Gasteiger partial charge in [-0.15, -0.1) is 0 Å². The molecule has 5 heterocycles. The van der Waals surface area contributed by atoms with Crippen molar-refractivity contribution in [2.75, 3.05) is 13.7 Å². The van der Waals surface area contributed by atoms with Crippen LogP contribution in [0.15, 0.2) is 48.7 Å². The third kappa shape index (κ3) is 4.17. The second-order valence-corrected chi connectivity index (χ2v) is 12.5. The summed E-state index contributed by atoms with van der Waals surface area (Å²) in [4.78, 5) is 41.5. The molecule has 11 heteroatoms. The first kappa shape index (κ1) is 26.8. The predicted molar refractivity (Wildman–Crippen MR) is 166 cm³/mol. The van der Waals surface area contributed by atoms with Crippen LogP contribution in [0, 0.1) is 11.8 Å². The number of methoxy groups -OCH3 is 1. The number of nitrogens with two attached hydrogens (primary N) is 2. The Hall–Kier alpha value is -4.77. The first-order chi connectivity index (χ1) is 21.3. The van der Waals surface area contributed by atoms with Gasteiger partial charge in [-0.3, -0.25) is 14.6 Å². The van der Waals surface area contributed by atoms with E-state index in [9.17, 15) is 9.59 Å². The highest BCUT2D eigenvalue weighted by atomic mass is 16.5. The van der Waals surface area contributed by atoms with Crippen LogP contribution < -0.4 is 16.2 Å². The van der Waals surface area contributed by atoms with Crippen molar-refractivity contribution < 1.29 is 14.3 Å². The van der Waals surface area contributed by atoms with E-state index in [0.29, 0.717) is 35.2 Å². The Morgan fingerprint density at radius 3 is 2.55 bits per heavy atom. The van der Waals surface area contributed by atoms with Crippen molar-refractivity contribution in [3.63, 3.8) is 0 Å². The Labute approximate surface area is 253 Å². The highest BCUT2D eigenvalue weighted by Gasteiger charge is 2.47. The topological polar surface area (TPSA) is 147 Å². The molecule has 0 radical (unpaired) electrons. The van der Waals surface area contributed by atoms with Crippen LogP contribution in [-0.4, -0.2) is 66.5 Å². The largest absolute Gasteiger partial charge is 0.494 e. The van der Waals surface area contributed by atoms with Gasteiger partial charge in [0.1, 0.15) is 22.6 Å². The molecule has 11 nitrogen and oxygen atoms in total. The summed E-state index contributed by atoms with van der Waals surface area (Å²) in [6, 6.07) is 13.4. The van der Waals surface area contributed by atoms with Crippen LogP contribution in [0.5, 0.6) is 5.75 Å². The number of aromatic nitrogens is 5. The van der Waals surface area contributed by atoms with Gasteiger partial charge in [0.15, 0.2) is 5.82 Å². The number of hydrogen-bond donors (Lipinski definition) is 2. The average Bonchev–Trinajstić information content (AvgIpc) is 3.44. The van der Waals surface area contributed by atoms with Crippen LogP contribution in [0.3, 0.4) is 0 Å². The van der Waals surface area contributed by atoms with Gasteiger partial charge in [-0.1, -0.05) is 0 Å². The van der Waals surface area contributed by atoms with E-state index in [1.165, 1.54) is 12.8 Å². The molecular formula is C33H34N8O3. The van der Waals surface area contributed by atoms with Gasteiger partial charge in [0.25, 0.3) is 11.8 Å². The molecule has 4 N–H and O–H groups in total. The Morgan fingerprint density at radius 1 is 1.05 bits per heavy atom. The zero-order valence-corrected chi connectivity index (χ0v) is 24.7. The van der Waals surface area contributed by atoms with Gasteiger partial charge in [0.05, 0.1) is 24.0 Å². The highest BCUT2D eigenvalue weighted by molar-refractivity contribution is 6.00. The minimum atomic E-state index is -0.564. The van der Waals surface area contributed by atoms with Crippen LogP contribution in [0.4, 0.5) is 0 Å². The maximum atomic E-state index is 13.7.